The van der Waals surface area contributed by atoms with Crippen molar-refractivity contribution in [3.63, 3.8) is 0 Å². The zero-order valence-electron chi connectivity index (χ0n) is 52.5. The van der Waals surface area contributed by atoms with Gasteiger partial charge in [0, 0.05) is 6.92 Å². The molecule has 10 rings (SSSR count). The number of carboxylic acids is 2. The smallest absolute Gasteiger partial charge is 0.335 e. The van der Waals surface area contributed by atoms with Crippen molar-refractivity contribution < 1.29 is 148 Å². The molecule has 0 spiro atoms. The molecule has 15 N–H and O–H groups in total. The second-order valence-electron chi connectivity index (χ2n) is 29.3. The summed E-state index contributed by atoms with van der Waals surface area (Å²) in [5.41, 5.74) is -6.98. The van der Waals surface area contributed by atoms with Crippen LogP contribution in [0.2, 0.25) is 0 Å². The summed E-state index contributed by atoms with van der Waals surface area (Å²) < 4.78 is 66.6. The maximum Gasteiger partial charge on any atom is 0.335 e. The summed E-state index contributed by atoms with van der Waals surface area (Å²) in [6, 6.07) is 0. The van der Waals surface area contributed by atoms with Crippen LogP contribution in [0.5, 0.6) is 0 Å². The molecule has 5 saturated heterocycles. The number of aliphatic carboxylic acids is 2. The highest BCUT2D eigenvalue weighted by atomic mass is 16.8. The summed E-state index contributed by atoms with van der Waals surface area (Å²) in [4.78, 5) is 54.9. The molecule has 0 radical (unpaired) electrons. The van der Waals surface area contributed by atoms with Crippen LogP contribution in [0.4, 0.5) is 0 Å². The molecule has 5 aliphatic heterocycles. The second kappa shape index (κ2) is 25.3. The maximum atomic E-state index is 16.0. The fourth-order valence-electron chi connectivity index (χ4n) is 18.0. The Morgan fingerprint density at radius 2 is 1.21 bits per heavy atom. The first-order valence-electron chi connectivity index (χ1n) is 31.5. The number of aliphatic hydroxyl groups is 13. The Morgan fingerprint density at radius 3 is 1.82 bits per heavy atom. The topological polar surface area (TPSA) is 473 Å². The lowest BCUT2D eigenvalue weighted by Crippen LogP contribution is -2.70. The van der Waals surface area contributed by atoms with E-state index in [0.717, 1.165) is 12.5 Å². The van der Waals surface area contributed by atoms with E-state index < -0.39 is 236 Å². The third kappa shape index (κ3) is 11.6. The van der Waals surface area contributed by atoms with Crippen LogP contribution in [0.3, 0.4) is 0 Å². The molecule has 91 heavy (non-hydrogen) atoms. The van der Waals surface area contributed by atoms with Gasteiger partial charge in [0.15, 0.2) is 43.5 Å². The van der Waals surface area contributed by atoms with Gasteiger partial charge < -0.3 is 129 Å². The van der Waals surface area contributed by atoms with Crippen molar-refractivity contribution in [3.8, 4) is 0 Å². The summed E-state index contributed by atoms with van der Waals surface area (Å²) in [6.07, 6.45) is -37.7. The lowest BCUT2D eigenvalue weighted by molar-refractivity contribution is -0.386. The van der Waals surface area contributed by atoms with Crippen molar-refractivity contribution in [3.05, 3.63) is 11.6 Å². The number of hydrogen-bond acceptors (Lipinski definition) is 28. The highest BCUT2D eigenvalue weighted by molar-refractivity contribution is 5.79. The van der Waals surface area contributed by atoms with E-state index in [-0.39, 0.29) is 24.2 Å². The molecule has 0 aromatic heterocycles. The molecule has 0 aromatic carbocycles. The van der Waals surface area contributed by atoms with E-state index in [1.807, 2.05) is 6.92 Å². The molecule has 9 fully saturated rings. The number of carboxylic acid groups (broad SMARTS) is 2. The van der Waals surface area contributed by atoms with Gasteiger partial charge in [0.05, 0.1) is 49.0 Å². The largest absolute Gasteiger partial charge is 0.481 e. The zero-order valence-corrected chi connectivity index (χ0v) is 52.5. The van der Waals surface area contributed by atoms with Crippen molar-refractivity contribution in [1.29, 1.82) is 0 Å². The lowest BCUT2D eigenvalue weighted by atomic mass is 9.33. The minimum Gasteiger partial charge on any atom is -0.481 e. The van der Waals surface area contributed by atoms with Crippen LogP contribution < -0.4 is 0 Å². The van der Waals surface area contributed by atoms with E-state index in [1.54, 1.807) is 0 Å². The third-order valence-corrected chi connectivity index (χ3v) is 23.5. The number of hydrogen-bond donors (Lipinski definition) is 15. The minimum atomic E-state index is -2.25. The SMILES string of the molecule is CC(=O)OC1C(C)OC(OC(=O)C23CCC(C)(C)CC2C2=CCC4C5(C)CC(O)C(OC6OC(C(=O)O)C(O)C(O)C6O)C(C)(C(=O)O)C5CCC4(C)C2(C)CC3)C(OC2OC(C)C(O)C(OC3OC(CO)C(O)C(O)C3O)C2O)C1OC1OCC(O)(CO)C1O. The Morgan fingerprint density at radius 1 is 0.604 bits per heavy atom. The molecule has 10 aliphatic rings. The van der Waals surface area contributed by atoms with Crippen molar-refractivity contribution in [1.82, 2.24) is 0 Å². The van der Waals surface area contributed by atoms with Crippen molar-refractivity contribution in [2.45, 2.75) is 273 Å². The number of carbonyl (C=O) groups is 4. The molecular weight excluding hydrogens is 1210 g/mol. The minimum absolute atomic E-state index is 0.00233. The first-order chi connectivity index (χ1) is 42.4. The summed E-state index contributed by atoms with van der Waals surface area (Å²) >= 11 is 0. The van der Waals surface area contributed by atoms with E-state index >= 15 is 4.79 Å². The molecule has 33 atom stereocenters. The molecular formula is C61H94O30. The Labute approximate surface area is 525 Å². The van der Waals surface area contributed by atoms with Crippen LogP contribution in [0, 0.1) is 50.2 Å². The van der Waals surface area contributed by atoms with E-state index in [4.69, 9.17) is 52.1 Å². The molecule has 30 heteroatoms. The number of carbonyl (C=O) groups excluding carboxylic acids is 2. The molecule has 33 unspecified atom stereocenters. The Hall–Kier alpha value is -3.26. The van der Waals surface area contributed by atoms with Gasteiger partial charge in [0.2, 0.25) is 6.29 Å². The van der Waals surface area contributed by atoms with Crippen LogP contribution in [-0.2, 0) is 71.3 Å². The summed E-state index contributed by atoms with van der Waals surface area (Å²) in [7, 11) is 0. The van der Waals surface area contributed by atoms with Gasteiger partial charge in [0.25, 0.3) is 0 Å². The highest BCUT2D eigenvalue weighted by Gasteiger charge is 2.73. The normalized spacial score (nSPS) is 52.9. The van der Waals surface area contributed by atoms with E-state index in [2.05, 4.69) is 33.8 Å². The molecule has 0 bridgehead atoms. The van der Waals surface area contributed by atoms with E-state index in [1.165, 1.54) is 20.8 Å². The van der Waals surface area contributed by atoms with Crippen molar-refractivity contribution >= 4 is 23.9 Å². The molecule has 0 amide bonds. The quantitative estimate of drug-likeness (QED) is 0.0447. The lowest BCUT2D eigenvalue weighted by Gasteiger charge is -2.71. The zero-order chi connectivity index (χ0) is 66.9. The van der Waals surface area contributed by atoms with Crippen molar-refractivity contribution in [2.24, 2.45) is 50.2 Å². The van der Waals surface area contributed by atoms with Crippen LogP contribution in [0.25, 0.3) is 0 Å². The van der Waals surface area contributed by atoms with Gasteiger partial charge in [-0.05, 0) is 118 Å². The average molecular weight is 1310 g/mol. The van der Waals surface area contributed by atoms with Gasteiger partial charge in [-0.1, -0.05) is 46.3 Å². The molecule has 30 nitrogen and oxygen atoms in total. The van der Waals surface area contributed by atoms with Crippen molar-refractivity contribution in [2.75, 3.05) is 19.8 Å². The predicted octanol–water partition coefficient (Wildman–Crippen LogP) is -2.82. The molecule has 5 aliphatic carbocycles. The van der Waals surface area contributed by atoms with Crippen LogP contribution in [0.15, 0.2) is 11.6 Å². The summed E-state index contributed by atoms with van der Waals surface area (Å²) in [5, 5.41) is 163. The van der Waals surface area contributed by atoms with Crippen LogP contribution in [0.1, 0.15) is 120 Å². The first kappa shape index (κ1) is 70.5. The second-order valence-corrected chi connectivity index (χ2v) is 29.3. The number of aliphatic hydroxyl groups excluding tert-OH is 12. The Bertz CT molecular complexity index is 2720. The molecule has 518 valence electrons. The third-order valence-electron chi connectivity index (χ3n) is 23.5. The fourth-order valence-corrected chi connectivity index (χ4v) is 18.0. The standard InChI is InChI=1S/C61H94O30/c1-23-32(66)41(86-48-37(71)34(68)33(67)29(20-62)85-48)39(73)50(82-23)89-44-43(88-52-45(74)61(80,21-63)22-81-52)40(84-25(3)64)24(2)83-51(44)91-54(79)60-16-14-55(4,5)18-27(60)26-10-11-30-56(6)19-28(65)46(90-49-38(72)35(69)36(70)42(87-49)47(75)76)59(9,53(77)78)31(56)12-13-58(30,8)57(26,7)15-17-60/h10,23-24,27-46,48-52,62-63,65-74,80H,11-22H2,1-9H3,(H,75,76)(H,77,78). The Kier molecular flexibility index (Phi) is 19.6. The van der Waals surface area contributed by atoms with Crippen LogP contribution >= 0.6 is 0 Å². The van der Waals surface area contributed by atoms with Gasteiger partial charge in [-0.2, -0.15) is 0 Å². The van der Waals surface area contributed by atoms with Gasteiger partial charge in [-0.25, -0.2) is 4.79 Å². The van der Waals surface area contributed by atoms with E-state index in [0.29, 0.717) is 44.9 Å². The van der Waals surface area contributed by atoms with Crippen LogP contribution in [-0.4, -0.2) is 273 Å². The maximum absolute atomic E-state index is 16.0. The van der Waals surface area contributed by atoms with Gasteiger partial charge >= 0.3 is 23.9 Å². The number of allylic oxidation sites excluding steroid dienone is 2. The van der Waals surface area contributed by atoms with Gasteiger partial charge in [0.1, 0.15) is 85.0 Å². The molecule has 5 heterocycles. The first-order valence-corrected chi connectivity index (χ1v) is 31.5. The Balaban J connectivity index is 0.977. The van der Waals surface area contributed by atoms with E-state index in [9.17, 15) is 91.0 Å². The van der Waals surface area contributed by atoms with Gasteiger partial charge in [-0.3, -0.25) is 14.4 Å². The number of fused-ring (bicyclic) bond motifs is 7. The summed E-state index contributed by atoms with van der Waals surface area (Å²) in [5.74, 6) is -6.09. The fraction of sp³-hybridized carbons (Fsp3) is 0.902. The average Bonchev–Trinajstić information content (AvgIpc) is 0.937. The molecule has 4 saturated carbocycles. The highest BCUT2D eigenvalue weighted by Crippen LogP contribution is 2.76. The number of ether oxygens (including phenoxy) is 11. The number of esters is 2. The predicted molar refractivity (Wildman–Crippen MR) is 300 cm³/mol. The monoisotopic (exact) mass is 1310 g/mol. The summed E-state index contributed by atoms with van der Waals surface area (Å²) in [6.45, 7) is 13.5. The molecule has 0 aromatic rings. The number of rotatable bonds is 15. The van der Waals surface area contributed by atoms with Gasteiger partial charge in [-0.15, -0.1) is 0 Å².